The van der Waals surface area contributed by atoms with Gasteiger partial charge in [0, 0.05) is 17.8 Å². The van der Waals surface area contributed by atoms with Crippen molar-refractivity contribution in [2.45, 2.75) is 27.3 Å². The van der Waals surface area contributed by atoms with E-state index in [4.69, 9.17) is 9.47 Å². The number of nitrogens with zero attached hydrogens (tertiary/aromatic N) is 2. The van der Waals surface area contributed by atoms with E-state index in [1.54, 1.807) is 18.3 Å². The molecule has 2 aromatic carbocycles. The van der Waals surface area contributed by atoms with Crippen molar-refractivity contribution >= 4 is 5.84 Å². The minimum atomic E-state index is 0.350. The zero-order valence-electron chi connectivity index (χ0n) is 16.8. The maximum absolute atomic E-state index is 9.57. The van der Waals surface area contributed by atoms with Gasteiger partial charge in [-0.1, -0.05) is 29.3 Å². The molecule has 1 aromatic heterocycles. The van der Waals surface area contributed by atoms with Gasteiger partial charge in [0.05, 0.1) is 13.2 Å². The normalized spacial score (nSPS) is 11.2. The van der Waals surface area contributed by atoms with Crippen LogP contribution in [-0.2, 0) is 6.54 Å². The molecule has 6 heteroatoms. The van der Waals surface area contributed by atoms with Gasteiger partial charge in [-0.2, -0.15) is 0 Å². The Kier molecular flexibility index (Phi) is 6.81. The van der Waals surface area contributed by atoms with E-state index in [-0.39, 0.29) is 0 Å². The second-order valence-corrected chi connectivity index (χ2v) is 6.66. The number of hydrogen-bond acceptors (Lipinski definition) is 5. The number of aryl methyl sites for hydroxylation is 2. The Bertz CT molecular complexity index is 965. The molecule has 0 saturated carbocycles. The van der Waals surface area contributed by atoms with Gasteiger partial charge in [0.1, 0.15) is 11.5 Å². The number of aromatic nitrogens is 1. The molecule has 29 heavy (non-hydrogen) atoms. The lowest BCUT2D eigenvalue weighted by atomic mass is 10.1. The SMILES string of the molecule is CCOc1ccc(Oc2cc(C(=NCc3cc(C)cc(C)c3)NO)ccn2)cc1. The molecule has 2 N–H and O–H groups in total. The molecule has 150 valence electrons. The Morgan fingerprint density at radius 1 is 1.00 bits per heavy atom. The summed E-state index contributed by atoms with van der Waals surface area (Å²) in [5, 5.41) is 9.57. The molecule has 0 atom stereocenters. The summed E-state index contributed by atoms with van der Waals surface area (Å²) in [5.74, 6) is 2.18. The van der Waals surface area contributed by atoms with Crippen molar-refractivity contribution in [2.24, 2.45) is 4.99 Å². The number of aliphatic imine (C=N–C) groups is 1. The summed E-state index contributed by atoms with van der Waals surface area (Å²) in [7, 11) is 0. The van der Waals surface area contributed by atoms with Crippen LogP contribution in [0.4, 0.5) is 0 Å². The number of ether oxygens (including phenoxy) is 2. The summed E-state index contributed by atoms with van der Waals surface area (Å²) in [6.07, 6.45) is 1.61. The number of benzene rings is 2. The molecular weight excluding hydrogens is 366 g/mol. The van der Waals surface area contributed by atoms with E-state index in [1.165, 1.54) is 11.1 Å². The Morgan fingerprint density at radius 3 is 2.34 bits per heavy atom. The molecule has 0 spiro atoms. The van der Waals surface area contributed by atoms with Crippen molar-refractivity contribution in [3.05, 3.63) is 83.0 Å². The maximum atomic E-state index is 9.57. The quantitative estimate of drug-likeness (QED) is 0.343. The van der Waals surface area contributed by atoms with Crippen LogP contribution >= 0.6 is 0 Å². The van der Waals surface area contributed by atoms with Crippen molar-refractivity contribution in [3.8, 4) is 17.4 Å². The van der Waals surface area contributed by atoms with Gasteiger partial charge in [-0.25, -0.2) is 4.98 Å². The average Bonchev–Trinajstić information content (AvgIpc) is 2.70. The summed E-state index contributed by atoms with van der Waals surface area (Å²) in [4.78, 5) is 8.73. The molecule has 0 amide bonds. The standard InChI is InChI=1S/C23H25N3O3/c1-4-28-20-5-7-21(8-6-20)29-22-14-19(9-10-24-22)23(26-27)25-15-18-12-16(2)11-17(3)13-18/h5-14,27H,4,15H2,1-3H3,(H,25,26). The van der Waals surface area contributed by atoms with Crippen LogP contribution < -0.4 is 15.0 Å². The first-order valence-corrected chi connectivity index (χ1v) is 9.46. The topological polar surface area (TPSA) is 76.0 Å². The molecule has 0 aliphatic heterocycles. The van der Waals surface area contributed by atoms with E-state index in [0.29, 0.717) is 36.2 Å². The Morgan fingerprint density at radius 2 is 1.69 bits per heavy atom. The van der Waals surface area contributed by atoms with Gasteiger partial charge in [-0.05, 0) is 56.7 Å². The minimum Gasteiger partial charge on any atom is -0.494 e. The van der Waals surface area contributed by atoms with Crippen LogP contribution in [0.25, 0.3) is 0 Å². The zero-order valence-corrected chi connectivity index (χ0v) is 16.8. The second-order valence-electron chi connectivity index (χ2n) is 6.66. The predicted octanol–water partition coefficient (Wildman–Crippen LogP) is 4.82. The summed E-state index contributed by atoms with van der Waals surface area (Å²) < 4.78 is 11.2. The number of hydrogen-bond donors (Lipinski definition) is 2. The number of rotatable bonds is 7. The van der Waals surface area contributed by atoms with E-state index in [0.717, 1.165) is 11.3 Å². The van der Waals surface area contributed by atoms with Crippen molar-refractivity contribution in [1.29, 1.82) is 0 Å². The summed E-state index contributed by atoms with van der Waals surface area (Å²) in [6, 6.07) is 17.1. The fourth-order valence-electron chi connectivity index (χ4n) is 3.03. The van der Waals surface area contributed by atoms with Gasteiger partial charge in [-0.15, -0.1) is 0 Å². The first-order valence-electron chi connectivity index (χ1n) is 9.46. The van der Waals surface area contributed by atoms with Crippen LogP contribution in [0.2, 0.25) is 0 Å². The molecule has 0 aliphatic rings. The summed E-state index contributed by atoms with van der Waals surface area (Å²) in [5.41, 5.74) is 6.30. The Hall–Kier alpha value is -3.38. The van der Waals surface area contributed by atoms with Gasteiger partial charge in [-0.3, -0.25) is 15.7 Å². The number of hydroxylamine groups is 1. The fraction of sp³-hybridized carbons (Fsp3) is 0.217. The van der Waals surface area contributed by atoms with E-state index in [1.807, 2.05) is 31.2 Å². The molecule has 3 rings (SSSR count). The molecule has 0 aliphatic carbocycles. The van der Waals surface area contributed by atoms with Crippen LogP contribution in [0, 0.1) is 13.8 Å². The molecule has 0 saturated heterocycles. The van der Waals surface area contributed by atoms with Crippen molar-refractivity contribution in [1.82, 2.24) is 10.5 Å². The van der Waals surface area contributed by atoms with Crippen LogP contribution in [-0.4, -0.2) is 22.6 Å². The van der Waals surface area contributed by atoms with Gasteiger partial charge in [0.25, 0.3) is 0 Å². The molecule has 0 radical (unpaired) electrons. The van der Waals surface area contributed by atoms with E-state index >= 15 is 0 Å². The van der Waals surface area contributed by atoms with Gasteiger partial charge in [0.2, 0.25) is 5.88 Å². The van der Waals surface area contributed by atoms with Crippen LogP contribution in [0.15, 0.2) is 65.8 Å². The van der Waals surface area contributed by atoms with Crippen LogP contribution in [0.3, 0.4) is 0 Å². The lowest BCUT2D eigenvalue weighted by Gasteiger charge is -2.09. The van der Waals surface area contributed by atoms with Crippen molar-refractivity contribution in [2.75, 3.05) is 6.61 Å². The minimum absolute atomic E-state index is 0.350. The predicted molar refractivity (Wildman–Crippen MR) is 113 cm³/mol. The first kappa shape index (κ1) is 20.4. The third kappa shape index (κ3) is 5.80. The molecule has 3 aromatic rings. The molecule has 6 nitrogen and oxygen atoms in total. The molecule has 0 fully saturated rings. The van der Waals surface area contributed by atoms with Gasteiger partial charge >= 0.3 is 0 Å². The highest BCUT2D eigenvalue weighted by Gasteiger charge is 2.07. The zero-order chi connectivity index (χ0) is 20.6. The van der Waals surface area contributed by atoms with Crippen LogP contribution in [0.5, 0.6) is 17.4 Å². The van der Waals surface area contributed by atoms with E-state index < -0.39 is 0 Å². The highest BCUT2D eigenvalue weighted by Crippen LogP contribution is 2.23. The Labute approximate surface area is 170 Å². The number of amidine groups is 1. The third-order valence-electron chi connectivity index (χ3n) is 4.17. The molecular formula is C23H25N3O3. The van der Waals surface area contributed by atoms with Crippen molar-refractivity contribution < 1.29 is 14.7 Å². The van der Waals surface area contributed by atoms with E-state index in [9.17, 15) is 5.21 Å². The third-order valence-corrected chi connectivity index (χ3v) is 4.17. The lowest BCUT2D eigenvalue weighted by Crippen LogP contribution is -2.20. The monoisotopic (exact) mass is 391 g/mol. The maximum Gasteiger partial charge on any atom is 0.219 e. The Balaban J connectivity index is 1.75. The van der Waals surface area contributed by atoms with Gasteiger partial charge in [0.15, 0.2) is 5.84 Å². The summed E-state index contributed by atoms with van der Waals surface area (Å²) in [6.45, 7) is 7.11. The fourth-order valence-corrected chi connectivity index (χ4v) is 3.03. The largest absolute Gasteiger partial charge is 0.494 e. The highest BCUT2D eigenvalue weighted by molar-refractivity contribution is 5.98. The molecule has 0 unspecified atom stereocenters. The smallest absolute Gasteiger partial charge is 0.219 e. The summed E-state index contributed by atoms with van der Waals surface area (Å²) >= 11 is 0. The second kappa shape index (κ2) is 9.71. The molecule has 0 bridgehead atoms. The number of pyridine rings is 1. The van der Waals surface area contributed by atoms with Crippen LogP contribution in [0.1, 0.15) is 29.2 Å². The average molecular weight is 391 g/mol. The van der Waals surface area contributed by atoms with Gasteiger partial charge < -0.3 is 9.47 Å². The number of nitrogens with one attached hydrogen (secondary N) is 1. The molecule has 1 heterocycles. The van der Waals surface area contributed by atoms with Crippen molar-refractivity contribution in [3.63, 3.8) is 0 Å². The first-order chi connectivity index (χ1) is 14.1. The lowest BCUT2D eigenvalue weighted by molar-refractivity contribution is 0.234. The van der Waals surface area contributed by atoms with E-state index in [2.05, 4.69) is 47.5 Å². The highest BCUT2D eigenvalue weighted by atomic mass is 16.5.